The van der Waals surface area contributed by atoms with Crippen LogP contribution in [0.4, 0.5) is 0 Å². The van der Waals surface area contributed by atoms with Gasteiger partial charge in [0.1, 0.15) is 0 Å². The van der Waals surface area contributed by atoms with Crippen LogP contribution >= 0.6 is 11.8 Å². The number of esters is 3. The maximum atomic E-state index is 13.5. The number of rotatable bonds is 10. The van der Waals surface area contributed by atoms with Gasteiger partial charge in [0, 0.05) is 15.8 Å². The number of benzene rings is 2. The van der Waals surface area contributed by atoms with Gasteiger partial charge in [0.2, 0.25) is 4.75 Å². The molecule has 0 saturated heterocycles. The van der Waals surface area contributed by atoms with E-state index in [-0.39, 0.29) is 18.7 Å². The van der Waals surface area contributed by atoms with Crippen LogP contribution in [-0.2, 0) is 44.6 Å². The molecule has 3 aromatic rings. The van der Waals surface area contributed by atoms with Crippen LogP contribution in [0.25, 0.3) is 10.9 Å². The first-order valence-corrected chi connectivity index (χ1v) is 11.8. The molecule has 0 amide bonds. The third-order valence-corrected chi connectivity index (χ3v) is 7.09. The van der Waals surface area contributed by atoms with Gasteiger partial charge in [-0.3, -0.25) is 14.4 Å². The van der Waals surface area contributed by atoms with E-state index in [1.54, 1.807) is 55.5 Å². The van der Waals surface area contributed by atoms with Gasteiger partial charge in [-0.05, 0) is 44.0 Å². The molecule has 9 heteroatoms. The zero-order valence-corrected chi connectivity index (χ0v) is 20.8. The van der Waals surface area contributed by atoms with Crippen molar-refractivity contribution in [2.24, 2.45) is 5.92 Å². The minimum Gasteiger partial charge on any atom is -0.468 e. The lowest BCUT2D eigenvalue weighted by Gasteiger charge is -2.29. The number of carbonyl (C=O) groups is 4. The molecule has 35 heavy (non-hydrogen) atoms. The van der Waals surface area contributed by atoms with Gasteiger partial charge in [0.15, 0.2) is 11.7 Å². The van der Waals surface area contributed by atoms with Gasteiger partial charge in [-0.15, -0.1) is 0 Å². The number of ketones is 1. The fourth-order valence-electron chi connectivity index (χ4n) is 3.95. The summed E-state index contributed by atoms with van der Waals surface area (Å²) in [5.41, 5.74) is 1.33. The zero-order valence-electron chi connectivity index (χ0n) is 20.0. The number of hydrogen-bond acceptors (Lipinski definition) is 8. The van der Waals surface area contributed by atoms with Crippen molar-refractivity contribution >= 4 is 46.4 Å². The predicted molar refractivity (Wildman–Crippen MR) is 131 cm³/mol. The predicted octanol–water partition coefficient (Wildman–Crippen LogP) is 3.81. The Labute approximate surface area is 207 Å². The van der Waals surface area contributed by atoms with Gasteiger partial charge in [-0.2, -0.15) is 0 Å². The first-order chi connectivity index (χ1) is 16.8. The van der Waals surface area contributed by atoms with E-state index in [1.165, 1.54) is 21.1 Å². The molecule has 0 aliphatic carbocycles. The average Bonchev–Trinajstić information content (AvgIpc) is 3.23. The maximum absolute atomic E-state index is 13.5. The molecule has 0 bridgehead atoms. The molecule has 0 radical (unpaired) electrons. The largest absolute Gasteiger partial charge is 0.468 e. The van der Waals surface area contributed by atoms with Crippen molar-refractivity contribution in [1.82, 2.24) is 4.98 Å². The maximum Gasteiger partial charge on any atom is 0.336 e. The highest BCUT2D eigenvalue weighted by molar-refractivity contribution is 8.01. The molecule has 2 aromatic carbocycles. The first-order valence-electron chi connectivity index (χ1n) is 11.0. The van der Waals surface area contributed by atoms with Gasteiger partial charge in [0.25, 0.3) is 0 Å². The lowest BCUT2D eigenvalue weighted by molar-refractivity contribution is -0.158. The summed E-state index contributed by atoms with van der Waals surface area (Å²) in [5, 5.41) is 0.656. The number of H-pyrrole nitrogens is 1. The van der Waals surface area contributed by atoms with E-state index in [9.17, 15) is 19.2 Å². The SMILES string of the molecule is CCOC(=O)C(Sc1ccccc1)(C(C)=O)c1[nH]c2ccccc2c1CC(C(=O)OC)C(=O)OC. The summed E-state index contributed by atoms with van der Waals surface area (Å²) in [4.78, 5) is 55.8. The van der Waals surface area contributed by atoms with Crippen LogP contribution in [0.2, 0.25) is 0 Å². The number of hydrogen-bond donors (Lipinski definition) is 1. The van der Waals surface area contributed by atoms with Crippen LogP contribution in [0.15, 0.2) is 59.5 Å². The van der Waals surface area contributed by atoms with Crippen LogP contribution in [0.5, 0.6) is 0 Å². The van der Waals surface area contributed by atoms with Crippen molar-refractivity contribution in [2.75, 3.05) is 20.8 Å². The van der Waals surface area contributed by atoms with Gasteiger partial charge < -0.3 is 19.2 Å². The molecule has 184 valence electrons. The van der Waals surface area contributed by atoms with Gasteiger partial charge in [0.05, 0.1) is 26.5 Å². The number of ether oxygens (including phenoxy) is 3. The monoisotopic (exact) mass is 497 g/mol. The fourth-order valence-corrected chi connectivity index (χ4v) is 5.16. The molecule has 0 saturated carbocycles. The summed E-state index contributed by atoms with van der Waals surface area (Å²) < 4.78 is 13.3. The number of aromatic amines is 1. The Morgan fingerprint density at radius 3 is 2.11 bits per heavy atom. The molecule has 0 aliphatic heterocycles. The van der Waals surface area contributed by atoms with E-state index in [2.05, 4.69) is 4.98 Å². The Kier molecular flexibility index (Phi) is 8.34. The fraction of sp³-hybridized carbons (Fsp3) is 0.308. The highest BCUT2D eigenvalue weighted by atomic mass is 32.2. The van der Waals surface area contributed by atoms with E-state index in [0.29, 0.717) is 21.4 Å². The Hall–Kier alpha value is -3.59. The first kappa shape index (κ1) is 26.0. The second kappa shape index (κ2) is 11.2. The normalized spacial score (nSPS) is 12.7. The molecule has 0 fully saturated rings. The summed E-state index contributed by atoms with van der Waals surface area (Å²) in [7, 11) is 2.36. The molecule has 3 rings (SSSR count). The molecule has 1 atom stereocenters. The smallest absolute Gasteiger partial charge is 0.336 e. The summed E-state index contributed by atoms with van der Waals surface area (Å²) in [6.07, 6.45) is -0.150. The van der Waals surface area contributed by atoms with Crippen LogP contribution < -0.4 is 0 Å². The number of Topliss-reactive ketones (excluding diaryl/α,β-unsaturated/α-hetero) is 1. The van der Waals surface area contributed by atoms with E-state index in [4.69, 9.17) is 14.2 Å². The number of fused-ring (bicyclic) bond motifs is 1. The summed E-state index contributed by atoms with van der Waals surface area (Å²) in [6.45, 7) is 3.04. The standard InChI is InChI=1S/C26H27NO7S/c1-5-34-25(31)26(16(2)28,35-17-11-7-6-8-12-17)22-19(18-13-9-10-14-21(18)27-22)15-20(23(29)32-3)24(30)33-4/h6-14,20,27H,5,15H2,1-4H3. The van der Waals surface area contributed by atoms with Gasteiger partial charge in [-0.25, -0.2) is 4.79 Å². The molecular weight excluding hydrogens is 470 g/mol. The van der Waals surface area contributed by atoms with Crippen molar-refractivity contribution in [3.8, 4) is 0 Å². The number of thioether (sulfide) groups is 1. The lowest BCUT2D eigenvalue weighted by atomic mass is 9.90. The quantitative estimate of drug-likeness (QED) is 0.195. The molecule has 0 spiro atoms. The Balaban J connectivity index is 2.32. The number of nitrogens with one attached hydrogen (secondary N) is 1. The number of carbonyl (C=O) groups excluding carboxylic acids is 4. The summed E-state index contributed by atoms with van der Waals surface area (Å²) in [5.74, 6) is -4.08. The third kappa shape index (κ3) is 5.09. The second-order valence-electron chi connectivity index (χ2n) is 7.70. The third-order valence-electron chi connectivity index (χ3n) is 5.62. The minimum absolute atomic E-state index is 0.0612. The Morgan fingerprint density at radius 1 is 0.943 bits per heavy atom. The zero-order chi connectivity index (χ0) is 25.6. The molecule has 1 unspecified atom stereocenters. The van der Waals surface area contributed by atoms with Crippen LogP contribution in [0.3, 0.4) is 0 Å². The minimum atomic E-state index is -1.82. The summed E-state index contributed by atoms with van der Waals surface area (Å²) >= 11 is 1.04. The van der Waals surface area contributed by atoms with Gasteiger partial charge >= 0.3 is 17.9 Å². The Bertz CT molecular complexity index is 1220. The van der Waals surface area contributed by atoms with Gasteiger partial charge in [-0.1, -0.05) is 48.2 Å². The molecule has 8 nitrogen and oxygen atoms in total. The number of para-hydroxylation sites is 1. The van der Waals surface area contributed by atoms with Crippen molar-refractivity contribution in [2.45, 2.75) is 29.9 Å². The van der Waals surface area contributed by atoms with Crippen LogP contribution in [0.1, 0.15) is 25.1 Å². The van der Waals surface area contributed by atoms with Crippen LogP contribution in [0, 0.1) is 5.92 Å². The van der Waals surface area contributed by atoms with E-state index >= 15 is 0 Å². The number of methoxy groups -OCH3 is 2. The van der Waals surface area contributed by atoms with E-state index in [0.717, 1.165) is 11.8 Å². The highest BCUT2D eigenvalue weighted by Crippen LogP contribution is 2.46. The van der Waals surface area contributed by atoms with Crippen LogP contribution in [-0.4, -0.2) is 49.5 Å². The number of aromatic nitrogens is 1. The lowest BCUT2D eigenvalue weighted by Crippen LogP contribution is -2.42. The van der Waals surface area contributed by atoms with Crippen molar-refractivity contribution in [3.05, 3.63) is 65.9 Å². The molecule has 1 N–H and O–H groups in total. The average molecular weight is 498 g/mol. The summed E-state index contributed by atoms with van der Waals surface area (Å²) in [6, 6.07) is 16.2. The topological polar surface area (TPSA) is 112 Å². The van der Waals surface area contributed by atoms with Crippen molar-refractivity contribution in [3.63, 3.8) is 0 Å². The molecule has 1 heterocycles. The Morgan fingerprint density at radius 2 is 1.54 bits per heavy atom. The van der Waals surface area contributed by atoms with E-state index in [1.807, 2.05) is 6.07 Å². The van der Waals surface area contributed by atoms with Crippen molar-refractivity contribution < 1.29 is 33.4 Å². The van der Waals surface area contributed by atoms with Crippen molar-refractivity contribution in [1.29, 1.82) is 0 Å². The molecule has 1 aromatic heterocycles. The highest BCUT2D eigenvalue weighted by Gasteiger charge is 2.51. The molecular formula is C26H27NO7S. The molecule has 0 aliphatic rings. The van der Waals surface area contributed by atoms with E-state index < -0.39 is 34.4 Å². The second-order valence-corrected chi connectivity index (χ2v) is 8.99.